The molecule has 2 unspecified atom stereocenters. The van der Waals surface area contributed by atoms with Gasteiger partial charge in [0.05, 0.1) is 96.5 Å². The van der Waals surface area contributed by atoms with Crippen LogP contribution in [-0.2, 0) is 80.3 Å². The van der Waals surface area contributed by atoms with Crippen molar-refractivity contribution in [2.24, 2.45) is 58.2 Å². The molecular formula is C111H214F3NO17. The van der Waals surface area contributed by atoms with Gasteiger partial charge in [-0.15, -0.1) is 11.8 Å². The van der Waals surface area contributed by atoms with Gasteiger partial charge in [0.2, 0.25) is 0 Å². The largest absolute Gasteiger partial charge is 0.467 e. The van der Waals surface area contributed by atoms with Gasteiger partial charge in [0.25, 0.3) is 0 Å². The molecule has 3 aliphatic rings. The Bertz CT molecular complexity index is 3010. The lowest BCUT2D eigenvalue weighted by Crippen LogP contribution is -2.38. The summed E-state index contributed by atoms with van der Waals surface area (Å²) in [5, 5.41) is 37.2. The maximum atomic E-state index is 11.5. The molecule has 2 atom stereocenters. The number of carbonyl (C=O) groups excluding carboxylic acids is 4. The smallest absolute Gasteiger partial charge is 0.389 e. The number of alkyl halides is 3. The normalized spacial score (nSPS) is 13.5. The van der Waals surface area contributed by atoms with Gasteiger partial charge in [-0.3, -0.25) is 19.4 Å². The minimum absolute atomic E-state index is 0.00766. The Hall–Kier alpha value is -4.76. The fourth-order valence-corrected chi connectivity index (χ4v) is 9.43. The van der Waals surface area contributed by atoms with E-state index in [2.05, 4.69) is 163 Å². The molecule has 3 fully saturated rings. The fraction of sp³-hybridized carbons (Fsp3) is 0.847. The molecule has 0 radical (unpaired) electrons. The molecule has 2 aromatic rings. The molecule has 0 aliphatic heterocycles. The van der Waals surface area contributed by atoms with Crippen molar-refractivity contribution in [1.82, 2.24) is 4.98 Å². The summed E-state index contributed by atoms with van der Waals surface area (Å²) in [6.07, 6.45) is 20.7. The van der Waals surface area contributed by atoms with E-state index in [1.807, 2.05) is 189 Å². The number of halogens is 3. The van der Waals surface area contributed by atoms with Crippen LogP contribution in [0.5, 0.6) is 0 Å². The predicted octanol–water partition coefficient (Wildman–Crippen LogP) is 29.1. The maximum absolute atomic E-state index is 11.5. The lowest BCUT2D eigenvalue weighted by atomic mass is 9.84. The van der Waals surface area contributed by atoms with Crippen molar-refractivity contribution in [2.45, 2.75) is 536 Å². The average Bonchev–Trinajstić information content (AvgIpc) is 1.41. The number of carbonyl (C=O) groups is 4. The monoisotopic (exact) mass is 1890 g/mol. The number of benzene rings is 1. The summed E-state index contributed by atoms with van der Waals surface area (Å²) in [6, 6.07) is 12.3. The highest BCUT2D eigenvalue weighted by Crippen LogP contribution is 2.35. The van der Waals surface area contributed by atoms with Crippen molar-refractivity contribution >= 4 is 23.9 Å². The van der Waals surface area contributed by atoms with Crippen LogP contribution in [-0.4, -0.2) is 160 Å². The average molecular weight is 1890 g/mol. The van der Waals surface area contributed by atoms with Gasteiger partial charge >= 0.3 is 30.1 Å². The van der Waals surface area contributed by atoms with E-state index in [1.54, 1.807) is 34.6 Å². The van der Waals surface area contributed by atoms with Gasteiger partial charge in [-0.1, -0.05) is 167 Å². The number of nitrogens with zero attached hydrogens (tertiary/aromatic N) is 1. The molecule has 132 heavy (non-hydrogen) atoms. The molecule has 1 heterocycles. The molecule has 1 aromatic heterocycles. The van der Waals surface area contributed by atoms with Gasteiger partial charge in [-0.25, -0.2) is 4.79 Å². The Kier molecular flexibility index (Phi) is 89.1. The number of ether oxygens (including phenoxy) is 9. The molecule has 1 aromatic carbocycles. The van der Waals surface area contributed by atoms with Crippen LogP contribution < -0.4 is 0 Å². The molecule has 0 bridgehead atoms. The third-order valence-electron chi connectivity index (χ3n) is 18.8. The van der Waals surface area contributed by atoms with Gasteiger partial charge in [0.15, 0.2) is 5.60 Å². The van der Waals surface area contributed by atoms with Gasteiger partial charge < -0.3 is 63.1 Å². The van der Waals surface area contributed by atoms with Gasteiger partial charge in [-0.2, -0.15) is 13.2 Å². The molecule has 21 heteroatoms. The predicted molar refractivity (Wildman–Crippen MR) is 550 cm³/mol. The molecule has 3 aliphatic carbocycles. The van der Waals surface area contributed by atoms with E-state index in [-0.39, 0.29) is 78.9 Å². The molecule has 0 saturated heterocycles. The van der Waals surface area contributed by atoms with Crippen molar-refractivity contribution in [3.8, 4) is 11.8 Å². The highest BCUT2D eigenvalue weighted by molar-refractivity contribution is 5.78. The highest BCUT2D eigenvalue weighted by atomic mass is 19.4. The zero-order chi connectivity index (χ0) is 106. The van der Waals surface area contributed by atoms with Crippen molar-refractivity contribution in [2.75, 3.05) is 20.3 Å². The van der Waals surface area contributed by atoms with Crippen LogP contribution in [0.3, 0.4) is 0 Å². The summed E-state index contributed by atoms with van der Waals surface area (Å²) in [6.45, 7) is 92.1. The number of aryl methyl sites for hydroxylation is 2. The molecule has 786 valence electrons. The number of methoxy groups -OCH3 is 1. The van der Waals surface area contributed by atoms with E-state index in [0.29, 0.717) is 66.5 Å². The summed E-state index contributed by atoms with van der Waals surface area (Å²) >= 11 is 0. The highest BCUT2D eigenvalue weighted by Gasteiger charge is 2.32. The number of aromatic nitrogens is 1. The van der Waals surface area contributed by atoms with E-state index in [1.165, 1.54) is 89.4 Å². The molecule has 0 amide bonds. The lowest BCUT2D eigenvalue weighted by Gasteiger charge is -2.24. The summed E-state index contributed by atoms with van der Waals surface area (Å²) in [5.41, 5.74) is 1.29. The minimum Gasteiger partial charge on any atom is -0.467 e. The first kappa shape index (κ1) is 145. The van der Waals surface area contributed by atoms with Gasteiger partial charge in [-0.05, 0) is 347 Å². The van der Waals surface area contributed by atoms with Gasteiger partial charge in [0, 0.05) is 57.7 Å². The molecule has 18 nitrogen and oxygen atoms in total. The maximum Gasteiger partial charge on any atom is 0.389 e. The van der Waals surface area contributed by atoms with E-state index < -0.39 is 35.0 Å². The summed E-state index contributed by atoms with van der Waals surface area (Å²) in [7, 11) is 1.35. The third kappa shape index (κ3) is 125. The molecule has 0 spiro atoms. The second kappa shape index (κ2) is 81.1. The fourth-order valence-electron chi connectivity index (χ4n) is 9.43. The lowest BCUT2D eigenvalue weighted by molar-refractivity contribution is -0.169. The second-order valence-electron chi connectivity index (χ2n) is 43.6. The third-order valence-corrected chi connectivity index (χ3v) is 18.8. The van der Waals surface area contributed by atoms with E-state index in [4.69, 9.17) is 43.4 Å². The minimum atomic E-state index is -4.04. The summed E-state index contributed by atoms with van der Waals surface area (Å²) in [4.78, 5) is 46.8. The molecule has 3 saturated carbocycles. The van der Waals surface area contributed by atoms with Crippen LogP contribution >= 0.6 is 0 Å². The van der Waals surface area contributed by atoms with Crippen LogP contribution in [0, 0.1) is 70.0 Å². The van der Waals surface area contributed by atoms with E-state index in [0.717, 1.165) is 73.9 Å². The number of hydrogen-bond donors (Lipinski definition) is 4. The van der Waals surface area contributed by atoms with E-state index >= 15 is 0 Å². The Morgan fingerprint density at radius 2 is 0.985 bits per heavy atom. The topological polar surface area (TPSA) is 245 Å². The Morgan fingerprint density at radius 3 is 1.28 bits per heavy atom. The number of esters is 4. The number of aliphatic hydroxyl groups is 4. The van der Waals surface area contributed by atoms with Crippen LogP contribution in [0.2, 0.25) is 0 Å². The van der Waals surface area contributed by atoms with E-state index in [9.17, 15) is 42.6 Å². The van der Waals surface area contributed by atoms with Crippen LogP contribution in [0.15, 0.2) is 48.8 Å². The van der Waals surface area contributed by atoms with Crippen LogP contribution in [0.25, 0.3) is 0 Å². The van der Waals surface area contributed by atoms with Crippen molar-refractivity contribution in [1.29, 1.82) is 0 Å². The van der Waals surface area contributed by atoms with Crippen LogP contribution in [0.4, 0.5) is 13.2 Å². The SMILES string of the molecule is CC(=O)OC(C)C.CC(C)C#CCC(C)O.CC(C)C(C)(C)C.CC(C)C(C)(C)O.CC(C)CCCC(C)(C)O.CC(C)CCc1ccccc1C(C)(C)O.CC(C)CCc1cccnc1.CC(C)OC(=O)C(C)(C)C.CC(C)OC(C)C1CC1.CC(C)OC1CC1.CC(C)OCCC1CC1.CC(C)OCCCC(F)(F)F.CCCC(=O)OC(C)C.COC(=O)C(C)(C)OC(C)C. The number of pyridine rings is 1. The standard InChI is InChI=1S/C14H22O.C10H15N.C9H20O.C8H16O3.C8H16O2.2C8H16O.C8H14O.C7H13F3O.C7H14O2.C7H16.C6H12O.C6H14O.C5H10O2/c1-11(2)9-10-12-7-5-6-8-13(12)14(3,4)15;1-9(2)5-6-10-4-3-7-11-8-10;1-8(2)6-5-7-9(3,4)10;1-6(2)11-8(3,4)7(9)10-5;1-6(2)10-7(9)8(3,4)5;1-6(2)9-7(3)8-4-5-8;1-7(2)9-6-5-8-3-4-8;1-7(2)5-4-6-8(3)9;1-6(2)11-5-3-4-7(8,9)10;1-4-5-7(8)9-6(2)3;1-6(2)7(3,4)5;1-5(2)7-6-3-4-6;1-5(2)6(3,4)7;1-4(2)7-5(3)6/h5-8,11,15H,9-10H2,1-4H3;3-4,7-9H,5-6H2,1-2H3;8,10H,5-7H2,1-4H3;6H,1-5H3;6H,1-5H3;6-8H,4-5H2,1-3H3;7-8H,3-6H2,1-2H3;7-9H,6H2,1-3H3;6H,3-5H2,1-2H3;6H,4-5H2,1-3H3;6H,1-5H3;5-6H,3-4H2,1-2H3;5,7H,1-4H3;4H,1-3H3. The number of rotatable bonds is 34. The Labute approximate surface area is 812 Å². The Balaban J connectivity index is -0.000000177. The summed E-state index contributed by atoms with van der Waals surface area (Å²) < 4.78 is 80.1. The first-order valence-corrected chi connectivity index (χ1v) is 50.1. The van der Waals surface area contributed by atoms with Gasteiger partial charge in [0.1, 0.15) is 0 Å². The summed E-state index contributed by atoms with van der Waals surface area (Å²) in [5.74, 6) is 10.8. The quantitative estimate of drug-likeness (QED) is 0.0220. The number of aliphatic hydroxyl groups excluding tert-OH is 1. The number of hydrogen-bond acceptors (Lipinski definition) is 18. The van der Waals surface area contributed by atoms with Crippen molar-refractivity contribution < 1.29 is 95.4 Å². The zero-order valence-corrected chi connectivity index (χ0v) is 94.1. The second-order valence-corrected chi connectivity index (χ2v) is 43.6. The van der Waals surface area contributed by atoms with Crippen molar-refractivity contribution in [3.05, 3.63) is 65.5 Å². The zero-order valence-electron chi connectivity index (χ0n) is 94.1. The van der Waals surface area contributed by atoms with Crippen LogP contribution in [0.1, 0.15) is 444 Å². The first-order chi connectivity index (χ1) is 59.8. The molecule has 5 rings (SSSR count). The molecular weight excluding hydrogens is 1680 g/mol. The van der Waals surface area contributed by atoms with Crippen molar-refractivity contribution in [3.63, 3.8) is 0 Å². The molecule has 4 N–H and O–H groups in total. The first-order valence-electron chi connectivity index (χ1n) is 50.1. The Morgan fingerprint density at radius 1 is 0.523 bits per heavy atom.